The maximum Gasteiger partial charge on any atom is 0.232 e. The fraction of sp³-hybridized carbons (Fsp3) is 0.667. The number of rotatable bonds is 12. The summed E-state index contributed by atoms with van der Waals surface area (Å²) in [6, 6.07) is 5.72. The van der Waals surface area contributed by atoms with Gasteiger partial charge in [-0.3, -0.25) is 9.10 Å². The maximum atomic E-state index is 12.2. The second kappa shape index (κ2) is 11.3. The quantitative estimate of drug-likeness (QED) is 0.576. The number of unbranched alkanes of at least 4 members (excludes halogenated alkanes) is 1. The lowest BCUT2D eigenvalue weighted by atomic mass is 9.99. The van der Waals surface area contributed by atoms with E-state index in [0.717, 1.165) is 24.0 Å². The fourth-order valence-electron chi connectivity index (χ4n) is 3.22. The third kappa shape index (κ3) is 8.33. The van der Waals surface area contributed by atoms with Crippen molar-refractivity contribution < 1.29 is 13.2 Å². The predicted octanol–water partition coefficient (Wildman–Crippen LogP) is 4.18. The van der Waals surface area contributed by atoms with Gasteiger partial charge in [0.1, 0.15) is 0 Å². The predicted molar refractivity (Wildman–Crippen MR) is 114 cm³/mol. The minimum Gasteiger partial charge on any atom is -0.356 e. The van der Waals surface area contributed by atoms with Crippen molar-refractivity contribution in [1.82, 2.24) is 5.32 Å². The van der Waals surface area contributed by atoms with Crippen LogP contribution in [0.2, 0.25) is 0 Å². The van der Waals surface area contributed by atoms with Crippen LogP contribution in [0.4, 0.5) is 5.69 Å². The van der Waals surface area contributed by atoms with Gasteiger partial charge in [-0.1, -0.05) is 50.8 Å². The van der Waals surface area contributed by atoms with Crippen LogP contribution in [0.3, 0.4) is 0 Å². The average molecular weight is 397 g/mol. The van der Waals surface area contributed by atoms with Crippen LogP contribution >= 0.6 is 0 Å². The van der Waals surface area contributed by atoms with Crippen LogP contribution in [0.5, 0.6) is 0 Å². The molecule has 1 aromatic carbocycles. The molecule has 5 nitrogen and oxygen atoms in total. The molecule has 0 aliphatic carbocycles. The van der Waals surface area contributed by atoms with Gasteiger partial charge in [-0.15, -0.1) is 0 Å². The van der Waals surface area contributed by atoms with Crippen LogP contribution in [-0.2, 0) is 14.8 Å². The van der Waals surface area contributed by atoms with Crippen molar-refractivity contribution in [3.05, 3.63) is 29.3 Å². The first-order valence-corrected chi connectivity index (χ1v) is 11.9. The molecule has 0 aromatic heterocycles. The maximum absolute atomic E-state index is 12.2. The van der Waals surface area contributed by atoms with Gasteiger partial charge in [0.25, 0.3) is 0 Å². The summed E-state index contributed by atoms with van der Waals surface area (Å²) in [6.07, 6.45) is 6.61. The Hall–Kier alpha value is -1.56. The second-order valence-electron chi connectivity index (χ2n) is 7.45. The van der Waals surface area contributed by atoms with E-state index in [1.807, 2.05) is 32.0 Å². The lowest BCUT2D eigenvalue weighted by Crippen LogP contribution is -2.33. The van der Waals surface area contributed by atoms with Crippen LogP contribution in [-0.4, -0.2) is 33.7 Å². The molecule has 1 unspecified atom stereocenters. The topological polar surface area (TPSA) is 66.5 Å². The number of hydrogen-bond acceptors (Lipinski definition) is 3. The number of nitrogens with zero attached hydrogens (tertiary/aromatic N) is 1. The zero-order valence-corrected chi connectivity index (χ0v) is 18.4. The van der Waals surface area contributed by atoms with Crippen molar-refractivity contribution in [3.8, 4) is 0 Å². The molecule has 0 heterocycles. The summed E-state index contributed by atoms with van der Waals surface area (Å²) in [6.45, 7) is 9.24. The highest BCUT2D eigenvalue weighted by atomic mass is 32.2. The summed E-state index contributed by atoms with van der Waals surface area (Å²) >= 11 is 0. The third-order valence-corrected chi connectivity index (χ3v) is 6.10. The summed E-state index contributed by atoms with van der Waals surface area (Å²) in [5.74, 6) is 0.524. The summed E-state index contributed by atoms with van der Waals surface area (Å²) < 4.78 is 25.9. The van der Waals surface area contributed by atoms with E-state index in [1.165, 1.54) is 23.4 Å². The second-order valence-corrected chi connectivity index (χ2v) is 9.36. The van der Waals surface area contributed by atoms with Crippen LogP contribution in [0.15, 0.2) is 18.2 Å². The average Bonchev–Trinajstić information content (AvgIpc) is 2.59. The molecule has 0 saturated carbocycles. The van der Waals surface area contributed by atoms with Gasteiger partial charge in [0.2, 0.25) is 15.9 Å². The molecule has 1 amide bonds. The SMILES string of the molecule is CCCCC(CC)CNC(=O)CCCN(c1ccc(C)cc1C)S(C)(=O)=O. The first-order chi connectivity index (χ1) is 12.7. The summed E-state index contributed by atoms with van der Waals surface area (Å²) in [5, 5.41) is 3.01. The first-order valence-electron chi connectivity index (χ1n) is 10.0. The van der Waals surface area contributed by atoms with Gasteiger partial charge in [-0.2, -0.15) is 0 Å². The highest BCUT2D eigenvalue weighted by Gasteiger charge is 2.19. The molecule has 0 fully saturated rings. The molecule has 0 aliphatic heterocycles. The standard InChI is InChI=1S/C21H36N2O3S/c1-6-8-10-19(7-2)16-22-21(24)11-9-14-23(27(5,25)26)20-13-12-17(3)15-18(20)4/h12-13,15,19H,6-11,14,16H2,1-5H3,(H,22,24). The first kappa shape index (κ1) is 23.5. The molecule has 0 saturated heterocycles. The Labute approximate surface area is 165 Å². The molecule has 27 heavy (non-hydrogen) atoms. The largest absolute Gasteiger partial charge is 0.356 e. The number of carbonyl (C=O) groups is 1. The monoisotopic (exact) mass is 396 g/mol. The molecule has 1 N–H and O–H groups in total. The summed E-state index contributed by atoms with van der Waals surface area (Å²) in [4.78, 5) is 12.1. The molecule has 0 radical (unpaired) electrons. The van der Waals surface area contributed by atoms with Crippen molar-refractivity contribution in [1.29, 1.82) is 0 Å². The van der Waals surface area contributed by atoms with E-state index in [9.17, 15) is 13.2 Å². The zero-order valence-electron chi connectivity index (χ0n) is 17.5. The van der Waals surface area contributed by atoms with Crippen LogP contribution < -0.4 is 9.62 Å². The van der Waals surface area contributed by atoms with E-state index in [-0.39, 0.29) is 5.91 Å². The molecule has 6 heteroatoms. The third-order valence-electron chi connectivity index (χ3n) is 4.92. The number of anilines is 1. The lowest BCUT2D eigenvalue weighted by molar-refractivity contribution is -0.121. The van der Waals surface area contributed by atoms with Gasteiger partial charge in [0.05, 0.1) is 11.9 Å². The Balaban J connectivity index is 2.58. The Morgan fingerprint density at radius 2 is 1.89 bits per heavy atom. The number of amides is 1. The van der Waals surface area contributed by atoms with Crippen molar-refractivity contribution >= 4 is 21.6 Å². The van der Waals surface area contributed by atoms with Gasteiger partial charge < -0.3 is 5.32 Å². The Morgan fingerprint density at radius 1 is 1.19 bits per heavy atom. The molecular formula is C21H36N2O3S. The normalized spacial score (nSPS) is 12.6. The number of nitrogens with one attached hydrogen (secondary N) is 1. The Morgan fingerprint density at radius 3 is 2.44 bits per heavy atom. The van der Waals surface area contributed by atoms with Crippen molar-refractivity contribution in [2.45, 2.75) is 66.2 Å². The molecule has 1 rings (SSSR count). The molecule has 0 aliphatic rings. The van der Waals surface area contributed by atoms with E-state index >= 15 is 0 Å². The minimum absolute atomic E-state index is 0.000900. The fourth-order valence-corrected chi connectivity index (χ4v) is 4.25. The Bertz CT molecular complexity index is 701. The summed E-state index contributed by atoms with van der Waals surface area (Å²) in [5.41, 5.74) is 2.71. The Kier molecular flexibility index (Phi) is 9.84. The van der Waals surface area contributed by atoms with Crippen molar-refractivity contribution in [2.75, 3.05) is 23.7 Å². The van der Waals surface area contributed by atoms with E-state index in [2.05, 4.69) is 19.2 Å². The van der Waals surface area contributed by atoms with E-state index < -0.39 is 10.0 Å². The van der Waals surface area contributed by atoms with Gasteiger partial charge in [0.15, 0.2) is 0 Å². The van der Waals surface area contributed by atoms with E-state index in [1.54, 1.807) is 0 Å². The van der Waals surface area contributed by atoms with Crippen molar-refractivity contribution in [2.24, 2.45) is 5.92 Å². The smallest absolute Gasteiger partial charge is 0.232 e. The zero-order chi connectivity index (χ0) is 20.4. The number of carbonyl (C=O) groups excluding carboxylic acids is 1. The highest BCUT2D eigenvalue weighted by molar-refractivity contribution is 7.92. The van der Waals surface area contributed by atoms with Crippen molar-refractivity contribution in [3.63, 3.8) is 0 Å². The number of hydrogen-bond donors (Lipinski definition) is 1. The minimum atomic E-state index is -3.39. The molecule has 1 atom stereocenters. The van der Waals surface area contributed by atoms with Gasteiger partial charge in [-0.05, 0) is 44.2 Å². The van der Waals surface area contributed by atoms with Gasteiger partial charge >= 0.3 is 0 Å². The van der Waals surface area contributed by atoms with Crippen LogP contribution in [0, 0.1) is 19.8 Å². The lowest BCUT2D eigenvalue weighted by Gasteiger charge is -2.24. The van der Waals surface area contributed by atoms with Crippen LogP contribution in [0.25, 0.3) is 0 Å². The van der Waals surface area contributed by atoms with E-state index in [4.69, 9.17) is 0 Å². The highest BCUT2D eigenvalue weighted by Crippen LogP contribution is 2.24. The number of aryl methyl sites for hydroxylation is 2. The van der Waals surface area contributed by atoms with Crippen LogP contribution in [0.1, 0.15) is 63.5 Å². The molecule has 1 aromatic rings. The number of sulfonamides is 1. The number of benzene rings is 1. The molecule has 0 spiro atoms. The summed E-state index contributed by atoms with van der Waals surface area (Å²) in [7, 11) is -3.39. The van der Waals surface area contributed by atoms with E-state index in [0.29, 0.717) is 37.5 Å². The molecular weight excluding hydrogens is 360 g/mol. The van der Waals surface area contributed by atoms with Gasteiger partial charge in [0, 0.05) is 19.5 Å². The molecule has 0 bridgehead atoms. The van der Waals surface area contributed by atoms with Gasteiger partial charge in [-0.25, -0.2) is 8.42 Å². The molecule has 154 valence electrons.